The predicted octanol–water partition coefficient (Wildman–Crippen LogP) is -2.03. The van der Waals surface area contributed by atoms with E-state index in [9.17, 15) is 56.2 Å². The number of ether oxygens (including phenoxy) is 5. The second kappa shape index (κ2) is 11.6. The van der Waals surface area contributed by atoms with Crippen LogP contribution in [0.3, 0.4) is 0 Å². The monoisotopic (exact) mass is 598 g/mol. The average molecular weight is 599 g/mol. The van der Waals surface area contributed by atoms with Crippen molar-refractivity contribution in [1.82, 2.24) is 0 Å². The van der Waals surface area contributed by atoms with Crippen LogP contribution in [0, 0.1) is 0 Å². The maximum atomic E-state index is 10.9. The number of benzene rings is 1. The Hall–Kier alpha value is -3.58. The summed E-state index contributed by atoms with van der Waals surface area (Å²) in [6.07, 6.45) is -12.5. The lowest BCUT2D eigenvalue weighted by Gasteiger charge is -2.45. The SMILES string of the molecule is OCC1OC(OC2=C(c3cc(O)c(O)c(O)c3)OC3C=C(O)C=C(O)C3=C2)C(OC2OCC(O)C(O)C2O)C(O)C1O. The number of rotatable bonds is 6. The Balaban J connectivity index is 1.55. The molecule has 10 unspecified atom stereocenters. The van der Waals surface area contributed by atoms with Gasteiger partial charge in [0.25, 0.3) is 0 Å². The average Bonchev–Trinajstić information content (AvgIpc) is 2.95. The van der Waals surface area contributed by atoms with E-state index >= 15 is 0 Å². The van der Waals surface area contributed by atoms with Gasteiger partial charge in [0.15, 0.2) is 41.2 Å². The molecule has 2 saturated heterocycles. The lowest BCUT2D eigenvalue weighted by molar-refractivity contribution is -0.351. The highest BCUT2D eigenvalue weighted by Gasteiger charge is 2.50. The fourth-order valence-electron chi connectivity index (χ4n) is 4.82. The van der Waals surface area contributed by atoms with Gasteiger partial charge in [0.05, 0.1) is 13.2 Å². The van der Waals surface area contributed by atoms with Crippen molar-refractivity contribution >= 4 is 5.76 Å². The number of allylic oxidation sites excluding steroid dienone is 2. The van der Waals surface area contributed by atoms with Crippen LogP contribution in [0.5, 0.6) is 17.2 Å². The summed E-state index contributed by atoms with van der Waals surface area (Å²) >= 11 is 0. The van der Waals surface area contributed by atoms with Crippen molar-refractivity contribution < 1.29 is 79.9 Å². The molecule has 1 aromatic carbocycles. The molecule has 16 heteroatoms. The molecule has 0 amide bonds. The molecule has 230 valence electrons. The van der Waals surface area contributed by atoms with Crippen LogP contribution in [0.1, 0.15) is 5.56 Å². The zero-order valence-corrected chi connectivity index (χ0v) is 21.5. The summed E-state index contributed by atoms with van der Waals surface area (Å²) < 4.78 is 28.4. The summed E-state index contributed by atoms with van der Waals surface area (Å²) in [6, 6.07) is 2.02. The van der Waals surface area contributed by atoms with Gasteiger partial charge >= 0.3 is 0 Å². The number of phenolic OH excluding ortho intramolecular Hbond substituents is 3. The van der Waals surface area contributed by atoms with E-state index in [1.807, 2.05) is 0 Å². The van der Waals surface area contributed by atoms with Crippen LogP contribution >= 0.6 is 0 Å². The maximum absolute atomic E-state index is 10.9. The van der Waals surface area contributed by atoms with Crippen molar-refractivity contribution in [2.24, 2.45) is 0 Å². The van der Waals surface area contributed by atoms with Crippen molar-refractivity contribution in [2.45, 2.75) is 61.4 Å². The van der Waals surface area contributed by atoms with E-state index in [1.54, 1.807) is 0 Å². The Morgan fingerprint density at radius 3 is 2.19 bits per heavy atom. The quantitative estimate of drug-likeness (QED) is 0.158. The maximum Gasteiger partial charge on any atom is 0.229 e. The summed E-state index contributed by atoms with van der Waals surface area (Å²) in [7, 11) is 0. The summed E-state index contributed by atoms with van der Waals surface area (Å²) in [5.41, 5.74) is 0.0141. The molecule has 1 aromatic rings. The minimum Gasteiger partial charge on any atom is -0.508 e. The summed E-state index contributed by atoms with van der Waals surface area (Å²) in [5, 5.41) is 112. The lowest BCUT2D eigenvalue weighted by Crippen LogP contribution is -2.63. The van der Waals surface area contributed by atoms with Crippen molar-refractivity contribution in [3.8, 4) is 17.2 Å². The number of aliphatic hydroxyl groups excluding tert-OH is 8. The molecule has 3 aliphatic heterocycles. The van der Waals surface area contributed by atoms with Crippen LogP contribution in [-0.4, -0.2) is 131 Å². The molecule has 0 saturated carbocycles. The fraction of sp³-hybridized carbons (Fsp3) is 0.462. The number of phenols is 3. The minimum absolute atomic E-state index is 0.0641. The minimum atomic E-state index is -1.83. The highest BCUT2D eigenvalue weighted by Crippen LogP contribution is 2.43. The lowest BCUT2D eigenvalue weighted by atomic mass is 9.96. The molecule has 0 aromatic heterocycles. The topological polar surface area (TPSA) is 269 Å². The van der Waals surface area contributed by atoms with Crippen LogP contribution in [0.15, 0.2) is 53.2 Å². The largest absolute Gasteiger partial charge is 0.508 e. The van der Waals surface area contributed by atoms with Crippen molar-refractivity contribution in [2.75, 3.05) is 13.2 Å². The van der Waals surface area contributed by atoms with Gasteiger partial charge in [-0.1, -0.05) is 0 Å². The second-order valence-electron chi connectivity index (χ2n) is 9.99. The van der Waals surface area contributed by atoms with Gasteiger partial charge in [-0.2, -0.15) is 0 Å². The highest BCUT2D eigenvalue weighted by atomic mass is 16.8. The van der Waals surface area contributed by atoms with Gasteiger partial charge in [-0.05, 0) is 18.2 Å². The first kappa shape index (κ1) is 29.9. The molecule has 10 atom stereocenters. The van der Waals surface area contributed by atoms with Gasteiger partial charge < -0.3 is 79.9 Å². The van der Waals surface area contributed by atoms with Gasteiger partial charge in [-0.3, -0.25) is 0 Å². The summed E-state index contributed by atoms with van der Waals surface area (Å²) in [4.78, 5) is 0. The van der Waals surface area contributed by atoms with Gasteiger partial charge in [0.1, 0.15) is 54.2 Å². The van der Waals surface area contributed by atoms with E-state index in [2.05, 4.69) is 0 Å². The predicted molar refractivity (Wildman–Crippen MR) is 134 cm³/mol. The van der Waals surface area contributed by atoms with E-state index < -0.39 is 97.6 Å². The van der Waals surface area contributed by atoms with Gasteiger partial charge in [-0.25, -0.2) is 0 Å². The molecule has 1 aliphatic carbocycles. The first-order valence-corrected chi connectivity index (χ1v) is 12.7. The number of hydrogen-bond acceptors (Lipinski definition) is 16. The standard InChI is InChI=1S/C26H30O16/c27-6-17-20(35)21(36)24(42-25-22(37)19(34)14(32)7-38-25)26(41-17)40-16-5-10-11(29)3-9(28)4-15(10)39-23(16)8-1-12(30)18(33)13(31)2-8/h1-5,14-15,17,19-22,24-37H,6-7H2. The van der Waals surface area contributed by atoms with Gasteiger partial charge in [-0.15, -0.1) is 0 Å². The molecule has 5 rings (SSSR count). The molecule has 42 heavy (non-hydrogen) atoms. The van der Waals surface area contributed by atoms with Crippen LogP contribution < -0.4 is 0 Å². The molecule has 2 fully saturated rings. The van der Waals surface area contributed by atoms with Crippen LogP contribution in [-0.2, 0) is 23.7 Å². The number of aromatic hydroxyl groups is 3. The molecule has 3 heterocycles. The smallest absolute Gasteiger partial charge is 0.229 e. The van der Waals surface area contributed by atoms with E-state index in [0.29, 0.717) is 0 Å². The molecule has 0 spiro atoms. The number of hydrogen-bond donors (Lipinski definition) is 11. The Morgan fingerprint density at radius 1 is 0.833 bits per heavy atom. The zero-order valence-electron chi connectivity index (χ0n) is 21.5. The molecular formula is C26H30O16. The van der Waals surface area contributed by atoms with Crippen LogP contribution in [0.25, 0.3) is 5.76 Å². The normalized spacial score (nSPS) is 36.8. The third-order valence-corrected chi connectivity index (χ3v) is 7.11. The Kier molecular flexibility index (Phi) is 8.26. The Labute approximate surface area is 236 Å². The number of fused-ring (bicyclic) bond motifs is 1. The molecule has 4 aliphatic rings. The first-order chi connectivity index (χ1) is 19.9. The van der Waals surface area contributed by atoms with Crippen molar-refractivity contribution in [3.05, 3.63) is 58.8 Å². The summed E-state index contributed by atoms with van der Waals surface area (Å²) in [5.74, 6) is -3.56. The third-order valence-electron chi connectivity index (χ3n) is 7.11. The van der Waals surface area contributed by atoms with E-state index in [0.717, 1.165) is 18.2 Å². The van der Waals surface area contributed by atoms with E-state index in [4.69, 9.17) is 23.7 Å². The van der Waals surface area contributed by atoms with Crippen molar-refractivity contribution in [3.63, 3.8) is 0 Å². The van der Waals surface area contributed by atoms with Crippen LogP contribution in [0.2, 0.25) is 0 Å². The second-order valence-corrected chi connectivity index (χ2v) is 9.99. The van der Waals surface area contributed by atoms with Gasteiger partial charge in [0.2, 0.25) is 6.29 Å². The fourth-order valence-corrected chi connectivity index (χ4v) is 4.82. The molecule has 0 bridgehead atoms. The highest BCUT2D eigenvalue weighted by molar-refractivity contribution is 5.72. The summed E-state index contributed by atoms with van der Waals surface area (Å²) in [6.45, 7) is -1.23. The molecule has 0 radical (unpaired) electrons. The van der Waals surface area contributed by atoms with E-state index in [1.165, 1.54) is 12.2 Å². The van der Waals surface area contributed by atoms with E-state index in [-0.39, 0.29) is 28.4 Å². The molecule has 11 N–H and O–H groups in total. The van der Waals surface area contributed by atoms with Gasteiger partial charge in [0, 0.05) is 23.3 Å². The van der Waals surface area contributed by atoms with Crippen LogP contribution in [0.4, 0.5) is 0 Å². The van der Waals surface area contributed by atoms with Crippen molar-refractivity contribution in [1.29, 1.82) is 0 Å². The Bertz CT molecular complexity index is 1300. The first-order valence-electron chi connectivity index (χ1n) is 12.7. The Morgan fingerprint density at radius 2 is 1.52 bits per heavy atom. The number of aliphatic hydroxyl groups is 8. The molecule has 16 nitrogen and oxygen atoms in total. The molecular weight excluding hydrogens is 568 g/mol. The third kappa shape index (κ3) is 5.47. The zero-order chi connectivity index (χ0) is 30.5.